The quantitative estimate of drug-likeness (QED) is 0.332. The molecule has 3 atom stereocenters. The van der Waals surface area contributed by atoms with Crippen molar-refractivity contribution in [1.82, 2.24) is 10.3 Å². The van der Waals surface area contributed by atoms with Crippen LogP contribution in [0.3, 0.4) is 0 Å². The summed E-state index contributed by atoms with van der Waals surface area (Å²) in [6.07, 6.45) is -0.0742. The molecule has 3 N–H and O–H groups in total. The van der Waals surface area contributed by atoms with Crippen LogP contribution >= 0.6 is 0 Å². The number of hydrazine groups is 1. The van der Waals surface area contributed by atoms with Gasteiger partial charge < -0.3 is 14.2 Å². The van der Waals surface area contributed by atoms with Crippen LogP contribution in [0.25, 0.3) is 0 Å². The zero-order valence-corrected chi connectivity index (χ0v) is 10.5. The van der Waals surface area contributed by atoms with Gasteiger partial charge >= 0.3 is 0 Å². The highest BCUT2D eigenvalue weighted by molar-refractivity contribution is 5.81. The lowest BCUT2D eigenvalue weighted by Gasteiger charge is -2.25. The Kier molecular flexibility index (Phi) is 5.79. The third-order valence-electron chi connectivity index (χ3n) is 3.06. The number of likely N-dealkylation sites (tertiary alicyclic amines) is 1. The number of nitrogens with one attached hydrogen (secondary N) is 1. The molecule has 100 valence electrons. The molecule has 1 heterocycles. The summed E-state index contributed by atoms with van der Waals surface area (Å²) in [6.45, 7) is 1.53. The van der Waals surface area contributed by atoms with Crippen LogP contribution in [-0.2, 0) is 19.0 Å². The minimum absolute atomic E-state index is 0.0371. The third-order valence-corrected chi connectivity index (χ3v) is 3.06. The molecule has 17 heavy (non-hydrogen) atoms. The van der Waals surface area contributed by atoms with Crippen LogP contribution < -0.4 is 11.3 Å². The number of rotatable bonds is 6. The summed E-state index contributed by atoms with van der Waals surface area (Å²) in [5, 5.41) is 0. The number of nitrogens with two attached hydrogens (primary N) is 1. The highest BCUT2D eigenvalue weighted by Gasteiger charge is 2.38. The summed E-state index contributed by atoms with van der Waals surface area (Å²) in [7, 11) is 4.82. The molecule has 1 rings (SSSR count). The number of hydrogen-bond acceptors (Lipinski definition) is 6. The summed E-state index contributed by atoms with van der Waals surface area (Å²) in [6, 6.07) is -0.414. The van der Waals surface area contributed by atoms with Crippen molar-refractivity contribution in [1.29, 1.82) is 0 Å². The molecule has 1 amide bonds. The number of nitrogens with zero attached hydrogens (tertiary/aromatic N) is 1. The van der Waals surface area contributed by atoms with E-state index in [4.69, 9.17) is 20.1 Å². The lowest BCUT2D eigenvalue weighted by atomic mass is 10.2. The largest absolute Gasteiger partial charge is 0.383 e. The number of carbonyl (C=O) groups excluding carboxylic acids is 1. The van der Waals surface area contributed by atoms with E-state index in [0.29, 0.717) is 13.1 Å². The standard InChI is InChI=1S/C10H21N3O4/c1-15-6-7(10(14)12-11)13-4-8(16-2)9(5-13)17-3/h7-9H,4-6,11H2,1-3H3,(H,12,14). The average Bonchev–Trinajstić information content (AvgIpc) is 2.77. The molecular formula is C10H21N3O4. The van der Waals surface area contributed by atoms with Gasteiger partial charge in [-0.25, -0.2) is 5.84 Å². The summed E-state index contributed by atoms with van der Waals surface area (Å²) < 4.78 is 15.7. The van der Waals surface area contributed by atoms with E-state index in [9.17, 15) is 4.79 Å². The van der Waals surface area contributed by atoms with Gasteiger partial charge in [-0.1, -0.05) is 0 Å². The van der Waals surface area contributed by atoms with Crippen molar-refractivity contribution < 1.29 is 19.0 Å². The molecule has 0 radical (unpaired) electrons. The van der Waals surface area contributed by atoms with Gasteiger partial charge in [0.05, 0.1) is 18.8 Å². The molecular weight excluding hydrogens is 226 g/mol. The van der Waals surface area contributed by atoms with Crippen molar-refractivity contribution in [2.45, 2.75) is 18.2 Å². The van der Waals surface area contributed by atoms with Gasteiger partial charge in [-0.05, 0) is 0 Å². The third kappa shape index (κ3) is 3.36. The zero-order chi connectivity index (χ0) is 12.8. The second-order valence-electron chi connectivity index (χ2n) is 3.98. The molecule has 0 bridgehead atoms. The first-order valence-electron chi connectivity index (χ1n) is 5.47. The normalized spacial score (nSPS) is 27.1. The second-order valence-corrected chi connectivity index (χ2v) is 3.98. The van der Waals surface area contributed by atoms with Crippen LogP contribution in [0.4, 0.5) is 0 Å². The van der Waals surface area contributed by atoms with Gasteiger partial charge in [0, 0.05) is 34.4 Å². The van der Waals surface area contributed by atoms with Crippen molar-refractivity contribution in [2.75, 3.05) is 41.0 Å². The van der Waals surface area contributed by atoms with E-state index in [2.05, 4.69) is 5.43 Å². The highest BCUT2D eigenvalue weighted by Crippen LogP contribution is 2.18. The molecule has 1 saturated heterocycles. The van der Waals surface area contributed by atoms with Crippen LogP contribution in [-0.4, -0.2) is 70.1 Å². The van der Waals surface area contributed by atoms with Gasteiger partial charge in [0.2, 0.25) is 0 Å². The van der Waals surface area contributed by atoms with Gasteiger partial charge in [0.1, 0.15) is 6.04 Å². The van der Waals surface area contributed by atoms with E-state index in [1.165, 1.54) is 0 Å². The molecule has 0 aliphatic carbocycles. The fraction of sp³-hybridized carbons (Fsp3) is 0.900. The monoisotopic (exact) mass is 247 g/mol. The molecule has 0 aromatic heterocycles. The fourth-order valence-corrected chi connectivity index (χ4v) is 2.08. The maximum atomic E-state index is 11.6. The molecule has 1 fully saturated rings. The molecule has 0 saturated carbocycles. The lowest BCUT2D eigenvalue weighted by Crippen LogP contribution is -2.51. The van der Waals surface area contributed by atoms with Crippen molar-refractivity contribution in [3.05, 3.63) is 0 Å². The number of carbonyl (C=O) groups is 1. The van der Waals surface area contributed by atoms with E-state index in [-0.39, 0.29) is 24.7 Å². The van der Waals surface area contributed by atoms with Crippen LogP contribution in [0.15, 0.2) is 0 Å². The fourth-order valence-electron chi connectivity index (χ4n) is 2.08. The van der Waals surface area contributed by atoms with Crippen molar-refractivity contribution in [3.8, 4) is 0 Å². The Balaban J connectivity index is 2.66. The number of hydrogen-bond donors (Lipinski definition) is 2. The maximum absolute atomic E-state index is 11.6. The molecule has 0 aromatic carbocycles. The SMILES string of the molecule is COCC(C(=O)NN)N1CC(OC)C(OC)C1. The smallest absolute Gasteiger partial charge is 0.253 e. The molecule has 1 aliphatic rings. The first kappa shape index (κ1) is 14.3. The Morgan fingerprint density at radius 2 is 1.88 bits per heavy atom. The maximum Gasteiger partial charge on any atom is 0.253 e. The molecule has 0 aromatic rings. The summed E-state index contributed by atoms with van der Waals surface area (Å²) >= 11 is 0. The van der Waals surface area contributed by atoms with Gasteiger partial charge in [-0.15, -0.1) is 0 Å². The molecule has 1 aliphatic heterocycles. The average molecular weight is 247 g/mol. The number of methoxy groups -OCH3 is 3. The van der Waals surface area contributed by atoms with Crippen LogP contribution in [0, 0.1) is 0 Å². The minimum atomic E-state index is -0.414. The van der Waals surface area contributed by atoms with Gasteiger partial charge in [0.25, 0.3) is 5.91 Å². The zero-order valence-electron chi connectivity index (χ0n) is 10.5. The van der Waals surface area contributed by atoms with E-state index in [1.807, 2.05) is 4.90 Å². The minimum Gasteiger partial charge on any atom is -0.383 e. The Morgan fingerprint density at radius 3 is 2.24 bits per heavy atom. The molecule has 7 heteroatoms. The highest BCUT2D eigenvalue weighted by atomic mass is 16.5. The Morgan fingerprint density at radius 1 is 1.35 bits per heavy atom. The van der Waals surface area contributed by atoms with Crippen molar-refractivity contribution in [3.63, 3.8) is 0 Å². The Labute approximate surface area is 101 Å². The Hall–Kier alpha value is -0.730. The predicted molar refractivity (Wildman–Crippen MR) is 61.2 cm³/mol. The molecule has 7 nitrogen and oxygen atoms in total. The van der Waals surface area contributed by atoms with E-state index in [1.54, 1.807) is 21.3 Å². The Bertz CT molecular complexity index is 240. The lowest BCUT2D eigenvalue weighted by molar-refractivity contribution is -0.128. The second kappa shape index (κ2) is 6.87. The molecule has 0 spiro atoms. The van der Waals surface area contributed by atoms with E-state index >= 15 is 0 Å². The first-order valence-corrected chi connectivity index (χ1v) is 5.47. The van der Waals surface area contributed by atoms with Crippen molar-refractivity contribution >= 4 is 5.91 Å². The van der Waals surface area contributed by atoms with Crippen LogP contribution in [0.5, 0.6) is 0 Å². The van der Waals surface area contributed by atoms with E-state index in [0.717, 1.165) is 0 Å². The van der Waals surface area contributed by atoms with Crippen molar-refractivity contribution in [2.24, 2.45) is 5.84 Å². The summed E-state index contributed by atoms with van der Waals surface area (Å²) in [4.78, 5) is 13.6. The van der Waals surface area contributed by atoms with Gasteiger partial charge in [-0.2, -0.15) is 0 Å². The summed E-state index contributed by atoms with van der Waals surface area (Å²) in [5.41, 5.74) is 2.15. The first-order chi connectivity index (χ1) is 8.17. The van der Waals surface area contributed by atoms with Crippen LogP contribution in [0.1, 0.15) is 0 Å². The van der Waals surface area contributed by atoms with E-state index < -0.39 is 6.04 Å². The van der Waals surface area contributed by atoms with Gasteiger partial charge in [0.15, 0.2) is 0 Å². The number of amides is 1. The van der Waals surface area contributed by atoms with Gasteiger partial charge in [-0.3, -0.25) is 15.1 Å². The van der Waals surface area contributed by atoms with Crippen LogP contribution in [0.2, 0.25) is 0 Å². The topological polar surface area (TPSA) is 86.0 Å². The predicted octanol–water partition coefficient (Wildman–Crippen LogP) is -1.66. The summed E-state index contributed by atoms with van der Waals surface area (Å²) in [5.74, 6) is 4.90. The molecule has 3 unspecified atom stereocenters. The number of ether oxygens (including phenoxy) is 3.